The van der Waals surface area contributed by atoms with E-state index in [-0.39, 0.29) is 35.6 Å². The zero-order chi connectivity index (χ0) is 23.1. The summed E-state index contributed by atoms with van der Waals surface area (Å²) < 4.78 is 1.51. The van der Waals surface area contributed by atoms with Gasteiger partial charge >= 0.3 is 41.3 Å². The third-order valence-corrected chi connectivity index (χ3v) is 6.07. The molecule has 0 saturated carbocycles. The molecule has 0 saturated heterocycles. The number of hydrogen-bond donors (Lipinski definition) is 0. The van der Waals surface area contributed by atoms with E-state index < -0.39 is 0 Å². The van der Waals surface area contributed by atoms with Crippen LogP contribution in [0.4, 0.5) is 0 Å². The van der Waals surface area contributed by atoms with Gasteiger partial charge < -0.3 is 24.8 Å². The molecule has 0 spiro atoms. The van der Waals surface area contributed by atoms with E-state index in [1.165, 1.54) is 47.7 Å². The summed E-state index contributed by atoms with van der Waals surface area (Å²) in [6.45, 7) is 20.4. The van der Waals surface area contributed by atoms with Gasteiger partial charge in [-0.15, -0.1) is 22.3 Å². The molecule has 0 aliphatic heterocycles. The van der Waals surface area contributed by atoms with Crippen LogP contribution < -0.4 is 24.8 Å². The molecule has 0 N–H and O–H groups in total. The Kier molecular flexibility index (Phi) is 10.4. The number of rotatable bonds is 1. The van der Waals surface area contributed by atoms with Gasteiger partial charge in [-0.25, -0.2) is 0 Å². The Morgan fingerprint density at radius 3 is 1.97 bits per heavy atom. The maximum absolute atomic E-state index is 3.89. The third-order valence-electron chi connectivity index (χ3n) is 6.07. The van der Waals surface area contributed by atoms with Crippen LogP contribution in [0, 0.1) is 13.0 Å². The van der Waals surface area contributed by atoms with Crippen molar-refractivity contribution in [3.05, 3.63) is 82.0 Å². The summed E-state index contributed by atoms with van der Waals surface area (Å²) >= 11 is 1.55. The molecule has 0 radical (unpaired) electrons. The summed E-state index contributed by atoms with van der Waals surface area (Å²) in [5, 5.41) is 0. The van der Waals surface area contributed by atoms with Crippen LogP contribution in [0.3, 0.4) is 0 Å². The van der Waals surface area contributed by atoms with E-state index in [9.17, 15) is 0 Å². The fourth-order valence-corrected chi connectivity index (χ4v) is 4.60. The molecule has 0 nitrogen and oxygen atoms in total. The number of halogens is 2. The topological polar surface area (TPSA) is 0 Å². The van der Waals surface area contributed by atoms with E-state index in [0.717, 1.165) is 6.42 Å². The van der Waals surface area contributed by atoms with Crippen LogP contribution in [0.2, 0.25) is 0 Å². The molecule has 176 valence electrons. The van der Waals surface area contributed by atoms with E-state index in [0.29, 0.717) is 5.92 Å². The molecule has 2 aliphatic carbocycles. The SMILES string of the molecule is C[C](C)=[Zr+2].Cc1c2c([c-]c(C(C)(C)C)c1C1C=CC=C1)Cc1cc(C(C)(C)C)ccc1-2.[Cl-].[Cl-]. The van der Waals surface area contributed by atoms with Gasteiger partial charge in [-0.3, -0.25) is 0 Å². The second-order valence-corrected chi connectivity index (χ2v) is 13.7. The van der Waals surface area contributed by atoms with Gasteiger partial charge in [-0.2, -0.15) is 11.6 Å². The molecular formula is C30H37Cl2Zr-. The number of benzene rings is 2. The molecule has 33 heavy (non-hydrogen) atoms. The number of allylic oxidation sites excluding steroid dienone is 4. The van der Waals surface area contributed by atoms with E-state index in [1.807, 2.05) is 0 Å². The average Bonchev–Trinajstić information content (AvgIpc) is 3.26. The van der Waals surface area contributed by atoms with Gasteiger partial charge in [0, 0.05) is 0 Å². The second-order valence-electron chi connectivity index (χ2n) is 11.2. The fourth-order valence-electron chi connectivity index (χ4n) is 4.60. The van der Waals surface area contributed by atoms with Crippen LogP contribution in [0.15, 0.2) is 42.5 Å². The van der Waals surface area contributed by atoms with Crippen LogP contribution in [0.5, 0.6) is 0 Å². The zero-order valence-electron chi connectivity index (χ0n) is 21.6. The first-order valence-electron chi connectivity index (χ1n) is 11.4. The van der Waals surface area contributed by atoms with Gasteiger partial charge in [0.25, 0.3) is 0 Å². The van der Waals surface area contributed by atoms with Gasteiger partial charge in [0.1, 0.15) is 0 Å². The van der Waals surface area contributed by atoms with E-state index in [4.69, 9.17) is 0 Å². The average molecular weight is 560 g/mol. The van der Waals surface area contributed by atoms with Crippen molar-refractivity contribution in [1.82, 2.24) is 0 Å². The van der Waals surface area contributed by atoms with Gasteiger partial charge in [0.05, 0.1) is 0 Å². The molecule has 4 rings (SSSR count). The van der Waals surface area contributed by atoms with Gasteiger partial charge in [-0.05, 0) is 34.3 Å². The largest absolute Gasteiger partial charge is 1.00 e. The van der Waals surface area contributed by atoms with Gasteiger partial charge in [0.2, 0.25) is 0 Å². The predicted molar refractivity (Wildman–Crippen MR) is 133 cm³/mol. The minimum absolute atomic E-state index is 0. The Morgan fingerprint density at radius 1 is 0.939 bits per heavy atom. The predicted octanol–water partition coefficient (Wildman–Crippen LogP) is 1.92. The molecule has 0 aromatic heterocycles. The summed E-state index contributed by atoms with van der Waals surface area (Å²) in [6.07, 6.45) is 9.99. The second kappa shape index (κ2) is 11.3. The van der Waals surface area contributed by atoms with Crippen LogP contribution in [0.25, 0.3) is 11.1 Å². The van der Waals surface area contributed by atoms with E-state index in [1.54, 1.807) is 24.2 Å². The molecule has 0 fully saturated rings. The van der Waals surface area contributed by atoms with Crippen molar-refractivity contribution in [3.8, 4) is 11.1 Å². The van der Waals surface area contributed by atoms with E-state index in [2.05, 4.69) is 111 Å². The Hall–Kier alpha value is -0.747. The Labute approximate surface area is 229 Å². The van der Waals surface area contributed by atoms with Crippen molar-refractivity contribution in [2.75, 3.05) is 0 Å². The van der Waals surface area contributed by atoms with Gasteiger partial charge in [-0.1, -0.05) is 96.5 Å². The molecule has 0 amide bonds. The first kappa shape index (κ1) is 30.3. The van der Waals surface area contributed by atoms with Crippen LogP contribution in [0.1, 0.15) is 94.7 Å². The summed E-state index contributed by atoms with van der Waals surface area (Å²) in [6, 6.07) is 11.0. The summed E-state index contributed by atoms with van der Waals surface area (Å²) in [7, 11) is 0. The molecule has 2 aliphatic rings. The zero-order valence-corrected chi connectivity index (χ0v) is 25.6. The number of fused-ring (bicyclic) bond motifs is 3. The standard InChI is InChI=1S/C27H31.C3H6.2ClH.Zr/c1-17-24-20(14-19-15-21(26(2,3)4)12-13-22(19)24)16-23(27(5,6)7)25(17)18-10-8-9-11-18;1-3-2;;;/h8-13,15,18H,14H2,1-7H3;1-2H3;2*1H;/q-1;;;;+2/p-2. The summed E-state index contributed by atoms with van der Waals surface area (Å²) in [5.41, 5.74) is 11.7. The summed E-state index contributed by atoms with van der Waals surface area (Å²) in [5.74, 6) is 0.374. The van der Waals surface area contributed by atoms with Crippen molar-refractivity contribution < 1.29 is 49.0 Å². The quantitative estimate of drug-likeness (QED) is 0.400. The van der Waals surface area contributed by atoms with Crippen molar-refractivity contribution >= 4 is 3.21 Å². The summed E-state index contributed by atoms with van der Waals surface area (Å²) in [4.78, 5) is 0. The molecule has 0 unspecified atom stereocenters. The van der Waals surface area contributed by atoms with Crippen LogP contribution >= 0.6 is 0 Å². The third kappa shape index (κ3) is 6.68. The maximum atomic E-state index is 3.89. The first-order chi connectivity index (χ1) is 14.3. The Morgan fingerprint density at radius 2 is 1.48 bits per heavy atom. The molecule has 3 heteroatoms. The number of hydrogen-bond acceptors (Lipinski definition) is 0. The first-order valence-corrected chi connectivity index (χ1v) is 12.6. The molecule has 2 aromatic carbocycles. The van der Waals surface area contributed by atoms with Crippen LogP contribution in [-0.2, 0) is 41.5 Å². The minimum Gasteiger partial charge on any atom is -1.00 e. The van der Waals surface area contributed by atoms with Crippen molar-refractivity contribution in [3.63, 3.8) is 0 Å². The van der Waals surface area contributed by atoms with E-state index >= 15 is 0 Å². The monoisotopic (exact) mass is 557 g/mol. The normalized spacial score (nSPS) is 14.0. The fraction of sp³-hybridized carbons (Fsp3) is 0.433. The Balaban J connectivity index is 0.000000842. The van der Waals surface area contributed by atoms with Crippen molar-refractivity contribution in [2.45, 2.75) is 85.5 Å². The molecule has 0 bridgehead atoms. The Bertz CT molecular complexity index is 1060. The molecular weight excluding hydrogens is 522 g/mol. The maximum Gasteiger partial charge on any atom is -0.0132 e. The molecule has 0 heterocycles. The van der Waals surface area contributed by atoms with Crippen molar-refractivity contribution in [2.24, 2.45) is 0 Å². The van der Waals surface area contributed by atoms with Crippen LogP contribution in [-0.4, -0.2) is 3.21 Å². The van der Waals surface area contributed by atoms with Crippen molar-refractivity contribution in [1.29, 1.82) is 0 Å². The smallest absolute Gasteiger partial charge is 0.0132 e. The minimum atomic E-state index is 0. The molecule has 0 atom stereocenters. The van der Waals surface area contributed by atoms with Gasteiger partial charge in [0.15, 0.2) is 0 Å². The molecule has 2 aromatic rings.